The van der Waals surface area contributed by atoms with Crippen LogP contribution in [0.5, 0.6) is 0 Å². The van der Waals surface area contributed by atoms with Gasteiger partial charge in [0.1, 0.15) is 23.7 Å². The monoisotopic (exact) mass is 764 g/mol. The number of carbonyl (C=O) groups is 5. The third-order valence-corrected chi connectivity index (χ3v) is 11.1. The van der Waals surface area contributed by atoms with E-state index in [0.717, 1.165) is 59.3 Å². The van der Waals surface area contributed by atoms with E-state index >= 15 is 0 Å². The summed E-state index contributed by atoms with van der Waals surface area (Å²) >= 11 is 0. The van der Waals surface area contributed by atoms with Gasteiger partial charge in [-0.05, 0) is 60.8 Å². The second kappa shape index (κ2) is 15.6. The maximum Gasteiger partial charge on any atom is 0.407 e. The molecule has 15 heteroatoms. The van der Waals surface area contributed by atoms with Crippen LogP contribution in [0.25, 0.3) is 33.6 Å². The number of aromatic nitrogens is 4. The number of nitrogens with zero attached hydrogens (tertiary/aromatic N) is 4. The number of rotatable bonds is 10. The molecule has 56 heavy (non-hydrogen) atoms. The number of likely N-dealkylation sites (tertiary alicyclic amines) is 2. The van der Waals surface area contributed by atoms with Crippen LogP contribution >= 0.6 is 0 Å². The first-order valence-corrected chi connectivity index (χ1v) is 19.1. The van der Waals surface area contributed by atoms with E-state index < -0.39 is 24.3 Å². The minimum atomic E-state index is -0.730. The van der Waals surface area contributed by atoms with Gasteiger partial charge in [0.05, 0.1) is 50.1 Å². The van der Waals surface area contributed by atoms with Gasteiger partial charge < -0.3 is 39.9 Å². The smallest absolute Gasteiger partial charge is 0.407 e. The maximum atomic E-state index is 13.9. The first kappa shape index (κ1) is 38.3. The van der Waals surface area contributed by atoms with E-state index in [-0.39, 0.29) is 41.5 Å². The van der Waals surface area contributed by atoms with Crippen LogP contribution in [0.3, 0.4) is 0 Å². The molecule has 4 atom stereocenters. The second-order valence-corrected chi connectivity index (χ2v) is 15.3. The fraction of sp³-hybridized carbons (Fsp3) is 0.439. The van der Waals surface area contributed by atoms with Gasteiger partial charge in [-0.25, -0.2) is 19.6 Å². The predicted molar refractivity (Wildman–Crippen MR) is 206 cm³/mol. The molecular weight excluding hydrogens is 716 g/mol. The number of aromatic amines is 2. The number of ketones is 1. The van der Waals surface area contributed by atoms with Gasteiger partial charge in [-0.15, -0.1) is 0 Å². The molecule has 4 heterocycles. The predicted octanol–water partition coefficient (Wildman–Crippen LogP) is 5.77. The molecule has 2 aromatic heterocycles. The number of methoxy groups -OCH3 is 2. The molecule has 4 aromatic rings. The van der Waals surface area contributed by atoms with Gasteiger partial charge in [0.15, 0.2) is 5.78 Å². The lowest BCUT2D eigenvalue weighted by atomic mass is 10.0. The largest absolute Gasteiger partial charge is 0.453 e. The number of amides is 4. The molecule has 294 valence electrons. The Morgan fingerprint density at radius 3 is 1.46 bits per heavy atom. The zero-order valence-corrected chi connectivity index (χ0v) is 32.5. The highest BCUT2D eigenvalue weighted by molar-refractivity contribution is 6.22. The average molecular weight is 765 g/mol. The number of alkyl carbamates (subject to hydrolysis) is 2. The Morgan fingerprint density at radius 2 is 1.09 bits per heavy atom. The third kappa shape index (κ3) is 7.13. The molecule has 4 N–H and O–H groups in total. The third-order valence-electron chi connectivity index (χ3n) is 11.1. The normalized spacial score (nSPS) is 18.5. The first-order chi connectivity index (χ1) is 26.9. The summed E-state index contributed by atoms with van der Waals surface area (Å²) in [6.45, 7) is 8.61. The molecule has 7 rings (SSSR count). The van der Waals surface area contributed by atoms with Gasteiger partial charge in [-0.3, -0.25) is 14.4 Å². The van der Waals surface area contributed by atoms with Gasteiger partial charge in [-0.1, -0.05) is 52.0 Å². The lowest BCUT2D eigenvalue weighted by Crippen LogP contribution is -2.51. The van der Waals surface area contributed by atoms with E-state index in [0.29, 0.717) is 35.9 Å². The van der Waals surface area contributed by atoms with E-state index in [2.05, 4.69) is 30.6 Å². The molecule has 4 amide bonds. The van der Waals surface area contributed by atoms with Crippen molar-refractivity contribution in [1.82, 2.24) is 40.4 Å². The van der Waals surface area contributed by atoms with Gasteiger partial charge in [0, 0.05) is 35.3 Å². The first-order valence-electron chi connectivity index (χ1n) is 19.1. The van der Waals surface area contributed by atoms with Crippen LogP contribution in [0.1, 0.15) is 93.0 Å². The highest BCUT2D eigenvalue weighted by Crippen LogP contribution is 2.41. The molecule has 0 bridgehead atoms. The number of benzene rings is 2. The fourth-order valence-corrected chi connectivity index (χ4v) is 8.11. The zero-order chi connectivity index (χ0) is 39.8. The summed E-state index contributed by atoms with van der Waals surface area (Å²) in [6.07, 6.45) is 5.20. The van der Waals surface area contributed by atoms with Gasteiger partial charge >= 0.3 is 12.2 Å². The molecule has 0 radical (unpaired) electrons. The van der Waals surface area contributed by atoms with Crippen molar-refractivity contribution in [2.45, 2.75) is 77.5 Å². The van der Waals surface area contributed by atoms with E-state index in [1.54, 1.807) is 22.2 Å². The summed E-state index contributed by atoms with van der Waals surface area (Å²) in [7, 11) is 2.54. The number of carbonyl (C=O) groups excluding carboxylic acids is 5. The van der Waals surface area contributed by atoms with Crippen LogP contribution in [-0.4, -0.2) is 98.9 Å². The number of hydrogen-bond donors (Lipinski definition) is 4. The van der Waals surface area contributed by atoms with E-state index in [9.17, 15) is 24.0 Å². The van der Waals surface area contributed by atoms with Gasteiger partial charge in [0.25, 0.3) is 0 Å². The molecule has 1 aliphatic carbocycles. The summed E-state index contributed by atoms with van der Waals surface area (Å²) in [5.74, 6) is 0.557. The lowest BCUT2D eigenvalue weighted by Gasteiger charge is -2.30. The highest BCUT2D eigenvalue weighted by atomic mass is 16.5. The number of fused-ring (bicyclic) bond motifs is 3. The zero-order valence-electron chi connectivity index (χ0n) is 32.5. The van der Waals surface area contributed by atoms with Crippen LogP contribution in [0.2, 0.25) is 0 Å². The molecule has 0 saturated carbocycles. The van der Waals surface area contributed by atoms with Crippen LogP contribution in [0, 0.1) is 11.8 Å². The SMILES string of the molecule is COC(=O)N[C@H](C(=O)N1CCCC1c1ncc(-c2ccc3c(c2)C(=O)c2cc(-c4cnc([C@@H]5CCCN5C(=O)[C@@H](NC(=O)OC)C(C)C)[nH]4)ccc2-3)[nH]1)C(C)C. The average Bonchev–Trinajstić information content (AvgIpc) is 4.05. The standard InChI is InChI=1S/C41H48N8O7/c1-21(2)33(46-40(53)55-5)38(51)48-15-7-9-31(48)36-42-19-29(44-36)23-11-13-25-26-14-12-24(18-28(26)35(50)27(25)17-23)30-20-43-37(45-30)32-10-8-16-49(32)39(52)34(22(3)4)47-41(54)56-6/h11-14,17-22,31-34H,7-10,15-16H2,1-6H3,(H,42,44)(H,43,45)(H,46,53)(H,47,54)/t31-,32?,33-,34-/m0/s1. The van der Waals surface area contributed by atoms with Crippen LogP contribution in [-0.2, 0) is 19.1 Å². The molecule has 1 unspecified atom stereocenters. The minimum absolute atomic E-state index is 0.0889. The summed E-state index contributed by atoms with van der Waals surface area (Å²) < 4.78 is 9.51. The number of H-pyrrole nitrogens is 2. The summed E-state index contributed by atoms with van der Waals surface area (Å²) in [4.78, 5) is 84.8. The van der Waals surface area contributed by atoms with E-state index in [1.807, 2.05) is 64.1 Å². The number of ether oxygens (including phenoxy) is 2. The fourth-order valence-electron chi connectivity index (χ4n) is 8.11. The Bertz CT molecular complexity index is 2020. The van der Waals surface area contributed by atoms with Crippen molar-refractivity contribution >= 4 is 29.8 Å². The molecule has 2 fully saturated rings. The van der Waals surface area contributed by atoms with Crippen molar-refractivity contribution in [2.75, 3.05) is 27.3 Å². The van der Waals surface area contributed by atoms with Crippen molar-refractivity contribution in [3.05, 3.63) is 71.6 Å². The molecule has 2 saturated heterocycles. The Balaban J connectivity index is 1.07. The maximum absolute atomic E-state index is 13.9. The number of imidazole rings is 2. The molecule has 0 spiro atoms. The highest BCUT2D eigenvalue weighted by Gasteiger charge is 2.39. The number of hydrogen-bond acceptors (Lipinski definition) is 9. The van der Waals surface area contributed by atoms with Crippen molar-refractivity contribution < 1.29 is 33.4 Å². The summed E-state index contributed by atoms with van der Waals surface area (Å²) in [6, 6.07) is 9.54. The van der Waals surface area contributed by atoms with Crippen molar-refractivity contribution in [3.63, 3.8) is 0 Å². The lowest BCUT2D eigenvalue weighted by molar-refractivity contribution is -0.136. The Morgan fingerprint density at radius 1 is 0.679 bits per heavy atom. The Kier molecular flexibility index (Phi) is 10.7. The molecular formula is C41H48N8O7. The minimum Gasteiger partial charge on any atom is -0.453 e. The van der Waals surface area contributed by atoms with Crippen molar-refractivity contribution in [3.8, 4) is 33.6 Å². The quantitative estimate of drug-likeness (QED) is 0.137. The van der Waals surface area contributed by atoms with Crippen molar-refractivity contribution in [1.29, 1.82) is 0 Å². The number of nitrogens with one attached hydrogen (secondary N) is 4. The molecule has 2 aliphatic heterocycles. The summed E-state index contributed by atoms with van der Waals surface area (Å²) in [5, 5.41) is 5.36. The van der Waals surface area contributed by atoms with Crippen LogP contribution < -0.4 is 10.6 Å². The second-order valence-electron chi connectivity index (χ2n) is 15.3. The molecule has 15 nitrogen and oxygen atoms in total. The van der Waals surface area contributed by atoms with Gasteiger partial charge in [-0.2, -0.15) is 0 Å². The Labute approximate surface area is 324 Å². The molecule has 3 aliphatic rings. The topological polar surface area (TPSA) is 192 Å². The summed E-state index contributed by atoms with van der Waals surface area (Å²) in [5.41, 5.74) is 5.90. The molecule has 2 aromatic carbocycles. The van der Waals surface area contributed by atoms with E-state index in [4.69, 9.17) is 9.47 Å². The van der Waals surface area contributed by atoms with E-state index in [1.165, 1.54) is 14.2 Å². The van der Waals surface area contributed by atoms with Crippen molar-refractivity contribution in [2.24, 2.45) is 11.8 Å². The van der Waals surface area contributed by atoms with Crippen LogP contribution in [0.15, 0.2) is 48.8 Å². The Hall–Kier alpha value is -5.99. The van der Waals surface area contributed by atoms with Crippen LogP contribution in [0.4, 0.5) is 9.59 Å². The van der Waals surface area contributed by atoms with Gasteiger partial charge in [0.2, 0.25) is 11.8 Å².